The number of hydrogen-bond donors (Lipinski definition) is 1. The van der Waals surface area contributed by atoms with Crippen molar-refractivity contribution < 1.29 is 0 Å². The molecule has 2 heterocycles. The number of fused-ring (bicyclic) bond motifs is 1. The van der Waals surface area contributed by atoms with Gasteiger partial charge < -0.3 is 10.3 Å². The molecule has 2 rings (SSSR count). The summed E-state index contributed by atoms with van der Waals surface area (Å²) in [4.78, 5) is 8.50. The van der Waals surface area contributed by atoms with Gasteiger partial charge in [0.2, 0.25) is 0 Å². The number of rotatable bonds is 4. The highest BCUT2D eigenvalue weighted by molar-refractivity contribution is 6.30. The van der Waals surface area contributed by atoms with Crippen LogP contribution in [0.2, 0.25) is 5.02 Å². The molecular formula is C10H13ClN4. The van der Waals surface area contributed by atoms with Crippen LogP contribution in [0.3, 0.4) is 0 Å². The molecule has 0 amide bonds. The summed E-state index contributed by atoms with van der Waals surface area (Å²) in [7, 11) is 0. The largest absolute Gasteiger partial charge is 0.330 e. The minimum Gasteiger partial charge on any atom is -0.330 e. The number of unbranched alkanes of at least 4 members (excludes halogenated alkanes) is 1. The van der Waals surface area contributed by atoms with Gasteiger partial charge in [0.15, 0.2) is 5.65 Å². The van der Waals surface area contributed by atoms with Gasteiger partial charge in [0.05, 0.1) is 11.3 Å². The molecule has 0 fully saturated rings. The van der Waals surface area contributed by atoms with E-state index in [1.165, 1.54) is 0 Å². The molecule has 4 nitrogen and oxygen atoms in total. The van der Waals surface area contributed by atoms with Crippen molar-refractivity contribution in [3.8, 4) is 0 Å². The number of imidazole rings is 1. The zero-order valence-electron chi connectivity index (χ0n) is 8.36. The lowest BCUT2D eigenvalue weighted by atomic mass is 10.3. The third-order valence-electron chi connectivity index (χ3n) is 2.28. The van der Waals surface area contributed by atoms with Crippen molar-refractivity contribution in [3.05, 3.63) is 23.6 Å². The molecule has 0 bridgehead atoms. The number of halogens is 1. The summed E-state index contributed by atoms with van der Waals surface area (Å²) in [5.41, 5.74) is 7.17. The van der Waals surface area contributed by atoms with E-state index in [9.17, 15) is 0 Å². The predicted octanol–water partition coefficient (Wildman–Crippen LogP) is 1.82. The molecular weight excluding hydrogens is 212 g/mol. The Labute approximate surface area is 93.1 Å². The summed E-state index contributed by atoms with van der Waals surface area (Å²) < 4.78 is 2.03. The van der Waals surface area contributed by atoms with Gasteiger partial charge in [0.25, 0.3) is 0 Å². The summed E-state index contributed by atoms with van der Waals surface area (Å²) in [6.07, 6.45) is 5.51. The molecule has 0 saturated carbocycles. The van der Waals surface area contributed by atoms with E-state index in [4.69, 9.17) is 17.3 Å². The third kappa shape index (κ3) is 2.27. The summed E-state index contributed by atoms with van der Waals surface area (Å²) in [5, 5.41) is 0.620. The van der Waals surface area contributed by atoms with E-state index in [-0.39, 0.29) is 0 Å². The second-order valence-electron chi connectivity index (χ2n) is 3.43. The predicted molar refractivity (Wildman–Crippen MR) is 60.8 cm³/mol. The normalized spacial score (nSPS) is 11.1. The fourth-order valence-corrected chi connectivity index (χ4v) is 1.67. The lowest BCUT2D eigenvalue weighted by Gasteiger charge is -2.01. The Morgan fingerprint density at radius 3 is 3.00 bits per heavy atom. The molecule has 0 aliphatic carbocycles. The quantitative estimate of drug-likeness (QED) is 0.807. The third-order valence-corrected chi connectivity index (χ3v) is 2.48. The van der Waals surface area contributed by atoms with Crippen molar-refractivity contribution in [2.24, 2.45) is 5.73 Å². The maximum absolute atomic E-state index is 5.83. The highest BCUT2D eigenvalue weighted by Crippen LogP contribution is 2.15. The summed E-state index contributed by atoms with van der Waals surface area (Å²) >= 11 is 5.83. The Kier molecular flexibility index (Phi) is 3.18. The lowest BCUT2D eigenvalue weighted by Crippen LogP contribution is -2.02. The van der Waals surface area contributed by atoms with Crippen LogP contribution in [0.15, 0.2) is 18.6 Å². The molecule has 2 N–H and O–H groups in total. The van der Waals surface area contributed by atoms with E-state index >= 15 is 0 Å². The Morgan fingerprint density at radius 1 is 1.33 bits per heavy atom. The molecule has 2 aromatic heterocycles. The molecule has 0 aliphatic heterocycles. The molecule has 0 aliphatic rings. The van der Waals surface area contributed by atoms with Crippen LogP contribution in [0.5, 0.6) is 0 Å². The molecule has 2 aromatic rings. The van der Waals surface area contributed by atoms with Crippen molar-refractivity contribution >= 4 is 22.8 Å². The van der Waals surface area contributed by atoms with Gasteiger partial charge in [-0.05, 0) is 25.5 Å². The summed E-state index contributed by atoms with van der Waals surface area (Å²) in [5.74, 6) is 0. The standard InChI is InChI=1S/C10H13ClN4/c11-8-5-9-10(13-6-8)15(7-14-9)4-2-1-3-12/h5-7H,1-4,12H2. The SMILES string of the molecule is NCCCCn1cnc2cc(Cl)cnc21. The minimum atomic E-state index is 0.620. The van der Waals surface area contributed by atoms with E-state index in [1.807, 2.05) is 10.6 Å². The first-order valence-electron chi connectivity index (χ1n) is 4.97. The van der Waals surface area contributed by atoms with Gasteiger partial charge >= 0.3 is 0 Å². The molecule has 0 aromatic carbocycles. The van der Waals surface area contributed by atoms with Crippen LogP contribution >= 0.6 is 11.6 Å². The van der Waals surface area contributed by atoms with Gasteiger partial charge in [-0.3, -0.25) is 0 Å². The molecule has 80 valence electrons. The Bertz CT molecular complexity index is 452. The number of nitrogens with two attached hydrogens (primary N) is 1. The van der Waals surface area contributed by atoms with Gasteiger partial charge in [-0.25, -0.2) is 9.97 Å². The molecule has 0 atom stereocenters. The fraction of sp³-hybridized carbons (Fsp3) is 0.400. The second kappa shape index (κ2) is 4.59. The monoisotopic (exact) mass is 224 g/mol. The van der Waals surface area contributed by atoms with Crippen LogP contribution in [0.4, 0.5) is 0 Å². The second-order valence-corrected chi connectivity index (χ2v) is 3.87. The number of aromatic nitrogens is 3. The van der Waals surface area contributed by atoms with Crippen LogP contribution < -0.4 is 5.73 Å². The smallest absolute Gasteiger partial charge is 0.159 e. The van der Waals surface area contributed by atoms with Crippen molar-refractivity contribution in [1.82, 2.24) is 14.5 Å². The van der Waals surface area contributed by atoms with Crippen LogP contribution in [0.1, 0.15) is 12.8 Å². The van der Waals surface area contributed by atoms with Crippen LogP contribution in [-0.4, -0.2) is 21.1 Å². The van der Waals surface area contributed by atoms with E-state index in [1.54, 1.807) is 12.5 Å². The van der Waals surface area contributed by atoms with Crippen molar-refractivity contribution in [2.75, 3.05) is 6.54 Å². The topological polar surface area (TPSA) is 56.7 Å². The van der Waals surface area contributed by atoms with E-state index in [0.717, 1.165) is 37.1 Å². The van der Waals surface area contributed by atoms with Gasteiger partial charge in [-0.15, -0.1) is 0 Å². The number of hydrogen-bond acceptors (Lipinski definition) is 3. The first-order valence-corrected chi connectivity index (χ1v) is 5.35. The van der Waals surface area contributed by atoms with Crippen molar-refractivity contribution in [2.45, 2.75) is 19.4 Å². The van der Waals surface area contributed by atoms with E-state index < -0.39 is 0 Å². The highest BCUT2D eigenvalue weighted by Gasteiger charge is 2.03. The van der Waals surface area contributed by atoms with Crippen molar-refractivity contribution in [1.29, 1.82) is 0 Å². The van der Waals surface area contributed by atoms with Crippen LogP contribution in [0, 0.1) is 0 Å². The average Bonchev–Trinajstić information content (AvgIpc) is 2.61. The van der Waals surface area contributed by atoms with E-state index in [2.05, 4.69) is 9.97 Å². The van der Waals surface area contributed by atoms with Gasteiger partial charge in [-0.1, -0.05) is 11.6 Å². The first-order chi connectivity index (χ1) is 7.31. The summed E-state index contributed by atoms with van der Waals surface area (Å²) in [6, 6.07) is 1.82. The number of aryl methyl sites for hydroxylation is 1. The molecule has 0 radical (unpaired) electrons. The van der Waals surface area contributed by atoms with Crippen molar-refractivity contribution in [3.63, 3.8) is 0 Å². The maximum atomic E-state index is 5.83. The van der Waals surface area contributed by atoms with E-state index in [0.29, 0.717) is 5.02 Å². The van der Waals surface area contributed by atoms with Gasteiger partial charge in [-0.2, -0.15) is 0 Å². The minimum absolute atomic E-state index is 0.620. The first kappa shape index (κ1) is 10.4. The highest BCUT2D eigenvalue weighted by atomic mass is 35.5. The number of nitrogens with zero attached hydrogens (tertiary/aromatic N) is 3. The maximum Gasteiger partial charge on any atom is 0.159 e. The molecule has 0 unspecified atom stereocenters. The van der Waals surface area contributed by atoms with Gasteiger partial charge in [0.1, 0.15) is 5.52 Å². The zero-order valence-corrected chi connectivity index (χ0v) is 9.11. The Hall–Kier alpha value is -1.13. The molecule has 15 heavy (non-hydrogen) atoms. The fourth-order valence-electron chi connectivity index (χ4n) is 1.51. The molecule has 0 spiro atoms. The van der Waals surface area contributed by atoms with Crippen LogP contribution in [-0.2, 0) is 6.54 Å². The Morgan fingerprint density at radius 2 is 2.20 bits per heavy atom. The Balaban J connectivity index is 2.21. The number of pyridine rings is 1. The van der Waals surface area contributed by atoms with Crippen LogP contribution in [0.25, 0.3) is 11.2 Å². The zero-order chi connectivity index (χ0) is 10.7. The average molecular weight is 225 g/mol. The molecule has 5 heteroatoms. The van der Waals surface area contributed by atoms with Gasteiger partial charge in [0, 0.05) is 12.7 Å². The molecule has 0 saturated heterocycles. The summed E-state index contributed by atoms with van der Waals surface area (Å²) in [6.45, 7) is 1.63. The lowest BCUT2D eigenvalue weighted by molar-refractivity contribution is 0.623.